The Kier molecular flexibility index (Phi) is 4.39. The zero-order chi connectivity index (χ0) is 20.9. The highest BCUT2D eigenvalue weighted by Crippen LogP contribution is 2.34. The Morgan fingerprint density at radius 1 is 1.19 bits per heavy atom. The van der Waals surface area contributed by atoms with Crippen LogP contribution in [0.5, 0.6) is 11.5 Å². The van der Waals surface area contributed by atoms with Crippen LogP contribution in [0.4, 0.5) is 11.5 Å². The molecular formula is C20H19N3O3. The molecule has 6 nitrogen and oxygen atoms in total. The van der Waals surface area contributed by atoms with Crippen molar-refractivity contribution in [3.05, 3.63) is 48.3 Å². The normalized spacial score (nSPS) is 12.5. The predicted octanol–water partition coefficient (Wildman–Crippen LogP) is 3.39. The molecule has 0 fully saturated rings. The fraction of sp³-hybridized carbons (Fsp3) is 0.200. The third-order valence-corrected chi connectivity index (χ3v) is 3.66. The van der Waals surface area contributed by atoms with Gasteiger partial charge in [-0.25, -0.2) is 9.97 Å². The molecule has 3 rings (SSSR count). The molecular weight excluding hydrogens is 330 g/mol. The summed E-state index contributed by atoms with van der Waals surface area (Å²) in [4.78, 5) is 8.59. The topological polar surface area (TPSA) is 65.5 Å². The van der Waals surface area contributed by atoms with Crippen molar-refractivity contribution in [2.24, 2.45) is 0 Å². The Hall–Kier alpha value is -3.30. The van der Waals surface area contributed by atoms with Crippen molar-refractivity contribution in [2.75, 3.05) is 32.7 Å². The third kappa shape index (κ3) is 3.85. The monoisotopic (exact) mass is 352 g/mol. The number of nitrogens with zero attached hydrogens (tertiary/aromatic N) is 2. The molecule has 1 N–H and O–H groups in total. The highest BCUT2D eigenvalue weighted by Gasteiger charge is 2.12. The quantitative estimate of drug-likeness (QED) is 0.519. The van der Waals surface area contributed by atoms with Crippen LogP contribution in [0.2, 0.25) is 0 Å². The molecule has 6 heteroatoms. The van der Waals surface area contributed by atoms with Gasteiger partial charge in [-0.15, -0.1) is 6.42 Å². The van der Waals surface area contributed by atoms with Crippen LogP contribution in [0.3, 0.4) is 0 Å². The highest BCUT2D eigenvalue weighted by molar-refractivity contribution is 5.93. The lowest BCUT2D eigenvalue weighted by atomic mass is 10.2. The van der Waals surface area contributed by atoms with E-state index in [1.54, 1.807) is 12.1 Å². The van der Waals surface area contributed by atoms with Gasteiger partial charge in [-0.3, -0.25) is 0 Å². The second-order valence-electron chi connectivity index (χ2n) is 5.29. The van der Waals surface area contributed by atoms with Crippen molar-refractivity contribution in [2.45, 2.75) is 0 Å². The Labute approximate surface area is 156 Å². The molecule has 3 aromatic rings. The summed E-state index contributed by atoms with van der Waals surface area (Å²) in [5, 5.41) is 3.93. The van der Waals surface area contributed by atoms with E-state index in [0.717, 1.165) is 11.3 Å². The van der Waals surface area contributed by atoms with Gasteiger partial charge in [0, 0.05) is 29.7 Å². The van der Waals surface area contributed by atoms with Crippen LogP contribution in [0, 0.1) is 12.3 Å². The predicted molar refractivity (Wildman–Crippen MR) is 101 cm³/mol. The molecule has 0 aliphatic heterocycles. The molecule has 0 saturated heterocycles. The maximum atomic E-state index is 7.06. The van der Waals surface area contributed by atoms with Crippen LogP contribution < -0.4 is 14.8 Å². The summed E-state index contributed by atoms with van der Waals surface area (Å²) in [5.74, 6) is 4.04. The summed E-state index contributed by atoms with van der Waals surface area (Å²) in [6, 6.07) is 10.9. The maximum absolute atomic E-state index is 7.06. The molecule has 0 amide bonds. The first-order valence-electron chi connectivity index (χ1n) is 9.33. The van der Waals surface area contributed by atoms with E-state index in [2.05, 4.69) is 21.2 Å². The Balaban J connectivity index is 1.88. The average Bonchev–Trinajstić information content (AvgIpc) is 2.70. The number of anilines is 2. The maximum Gasteiger partial charge on any atom is 0.162 e. The van der Waals surface area contributed by atoms with Crippen molar-refractivity contribution < 1.29 is 18.3 Å². The smallest absolute Gasteiger partial charge is 0.162 e. The van der Waals surface area contributed by atoms with E-state index >= 15 is 0 Å². The SMILES string of the molecule is [2H]C([2H])([2H])OCCOc1cc2c(Nc3cccc(C#C)c3)ncnc2cc1OC. The van der Waals surface area contributed by atoms with Gasteiger partial charge < -0.3 is 19.5 Å². The summed E-state index contributed by atoms with van der Waals surface area (Å²) in [5.41, 5.74) is 2.18. The van der Waals surface area contributed by atoms with Gasteiger partial charge in [0.2, 0.25) is 0 Å². The van der Waals surface area contributed by atoms with E-state index in [1.165, 1.54) is 13.4 Å². The largest absolute Gasteiger partial charge is 0.493 e. The summed E-state index contributed by atoms with van der Waals surface area (Å²) < 4.78 is 36.9. The lowest BCUT2D eigenvalue weighted by Crippen LogP contribution is -2.05. The molecule has 0 aliphatic rings. The minimum atomic E-state index is -2.46. The van der Waals surface area contributed by atoms with E-state index in [9.17, 15) is 0 Å². The molecule has 0 saturated carbocycles. The Morgan fingerprint density at radius 2 is 2.12 bits per heavy atom. The second kappa shape index (κ2) is 8.19. The van der Waals surface area contributed by atoms with Crippen LogP contribution in [0.15, 0.2) is 42.7 Å². The van der Waals surface area contributed by atoms with Crippen molar-refractivity contribution in [3.63, 3.8) is 0 Å². The van der Waals surface area contributed by atoms with Crippen molar-refractivity contribution in [1.82, 2.24) is 9.97 Å². The van der Waals surface area contributed by atoms with E-state index < -0.39 is 7.04 Å². The molecule has 0 atom stereocenters. The molecule has 1 heterocycles. The van der Waals surface area contributed by atoms with E-state index in [-0.39, 0.29) is 13.2 Å². The number of benzene rings is 2. The number of fused-ring (bicyclic) bond motifs is 1. The van der Waals surface area contributed by atoms with Crippen LogP contribution in [-0.2, 0) is 4.74 Å². The first-order valence-corrected chi connectivity index (χ1v) is 7.83. The summed E-state index contributed by atoms with van der Waals surface area (Å²) in [6.07, 6.45) is 6.90. The third-order valence-electron chi connectivity index (χ3n) is 3.66. The summed E-state index contributed by atoms with van der Waals surface area (Å²) in [7, 11) is -0.951. The minimum Gasteiger partial charge on any atom is -0.493 e. The number of nitrogens with one attached hydrogen (secondary N) is 1. The van der Waals surface area contributed by atoms with Gasteiger partial charge in [0.15, 0.2) is 11.5 Å². The standard InChI is InChI=1S/C20H19N3O3/c1-4-14-6-5-7-15(10-14)23-20-16-11-19(26-9-8-24-2)18(25-3)12-17(16)21-13-22-20/h1,5-7,10-13H,8-9H2,2-3H3,(H,21,22,23)/i2D3. The van der Waals surface area contributed by atoms with Crippen LogP contribution in [-0.4, -0.2) is 37.3 Å². The molecule has 0 unspecified atom stereocenters. The van der Waals surface area contributed by atoms with Gasteiger partial charge in [0.1, 0.15) is 18.8 Å². The molecule has 26 heavy (non-hydrogen) atoms. The zero-order valence-electron chi connectivity index (χ0n) is 17.2. The average molecular weight is 352 g/mol. The highest BCUT2D eigenvalue weighted by atomic mass is 16.5. The van der Waals surface area contributed by atoms with Crippen LogP contribution in [0.1, 0.15) is 9.68 Å². The zero-order valence-corrected chi connectivity index (χ0v) is 14.2. The number of aromatic nitrogens is 2. The number of rotatable bonds is 7. The van der Waals surface area contributed by atoms with Gasteiger partial charge in [-0.05, 0) is 24.3 Å². The fourth-order valence-electron chi connectivity index (χ4n) is 2.45. The van der Waals surface area contributed by atoms with Gasteiger partial charge in [0.05, 0.1) is 23.3 Å². The van der Waals surface area contributed by atoms with Gasteiger partial charge >= 0.3 is 0 Å². The van der Waals surface area contributed by atoms with Crippen molar-refractivity contribution >= 4 is 22.4 Å². The van der Waals surface area contributed by atoms with E-state index in [1.807, 2.05) is 24.3 Å². The first kappa shape index (κ1) is 13.9. The van der Waals surface area contributed by atoms with Gasteiger partial charge in [0.25, 0.3) is 0 Å². The molecule has 1 aromatic heterocycles. The van der Waals surface area contributed by atoms with E-state index in [0.29, 0.717) is 28.2 Å². The van der Waals surface area contributed by atoms with Gasteiger partial charge in [-0.1, -0.05) is 12.0 Å². The fourth-order valence-corrected chi connectivity index (χ4v) is 2.45. The number of terminal acetylenes is 1. The second-order valence-corrected chi connectivity index (χ2v) is 5.29. The summed E-state index contributed by atoms with van der Waals surface area (Å²) in [6.45, 7) is -0.0477. The van der Waals surface area contributed by atoms with Crippen molar-refractivity contribution in [3.8, 4) is 23.8 Å². The minimum absolute atomic E-state index is 0.0426. The number of ether oxygens (including phenoxy) is 3. The Morgan fingerprint density at radius 3 is 2.92 bits per heavy atom. The molecule has 0 spiro atoms. The number of hydrogen-bond donors (Lipinski definition) is 1. The van der Waals surface area contributed by atoms with Crippen LogP contribution in [0.25, 0.3) is 10.9 Å². The molecule has 0 aliphatic carbocycles. The lowest BCUT2D eigenvalue weighted by Gasteiger charge is -2.13. The lowest BCUT2D eigenvalue weighted by molar-refractivity contribution is 0.144. The van der Waals surface area contributed by atoms with E-state index in [4.69, 9.17) is 24.7 Å². The number of methoxy groups -OCH3 is 2. The molecule has 2 aromatic carbocycles. The number of hydrogen-bond acceptors (Lipinski definition) is 6. The molecule has 132 valence electrons. The molecule has 0 bridgehead atoms. The molecule has 0 radical (unpaired) electrons. The van der Waals surface area contributed by atoms with Crippen molar-refractivity contribution in [1.29, 1.82) is 0 Å². The first-order chi connectivity index (χ1) is 13.9. The summed E-state index contributed by atoms with van der Waals surface area (Å²) >= 11 is 0. The van der Waals surface area contributed by atoms with Crippen LogP contribution >= 0.6 is 0 Å². The Bertz CT molecular complexity index is 1050. The van der Waals surface area contributed by atoms with Gasteiger partial charge in [-0.2, -0.15) is 0 Å².